The van der Waals surface area contributed by atoms with Crippen molar-refractivity contribution in [3.8, 4) is 5.75 Å². The van der Waals surface area contributed by atoms with Gasteiger partial charge >= 0.3 is 0 Å². The topological polar surface area (TPSA) is 47.9 Å². The van der Waals surface area contributed by atoms with Gasteiger partial charge in [-0.1, -0.05) is 0 Å². The fourth-order valence-corrected chi connectivity index (χ4v) is 0.897. The van der Waals surface area contributed by atoms with Gasteiger partial charge in [-0.25, -0.2) is 0 Å². The SMILES string of the molecule is C=C(OCC)Oc1ccc(N=O)cc1. The van der Waals surface area contributed by atoms with Crippen molar-refractivity contribution in [2.24, 2.45) is 5.18 Å². The summed E-state index contributed by atoms with van der Waals surface area (Å²) in [7, 11) is 0. The number of rotatable bonds is 5. The summed E-state index contributed by atoms with van der Waals surface area (Å²) in [5.41, 5.74) is 0.361. The average molecular weight is 193 g/mol. The maximum absolute atomic E-state index is 10.1. The van der Waals surface area contributed by atoms with E-state index in [2.05, 4.69) is 11.8 Å². The summed E-state index contributed by atoms with van der Waals surface area (Å²) < 4.78 is 10.2. The summed E-state index contributed by atoms with van der Waals surface area (Å²) in [5.74, 6) is 0.801. The molecule has 1 aromatic carbocycles. The molecule has 0 bridgehead atoms. The van der Waals surface area contributed by atoms with E-state index in [4.69, 9.17) is 9.47 Å². The molecule has 0 aromatic heterocycles. The van der Waals surface area contributed by atoms with Crippen molar-refractivity contribution in [3.05, 3.63) is 41.7 Å². The van der Waals surface area contributed by atoms with Crippen LogP contribution in [0.1, 0.15) is 6.92 Å². The lowest BCUT2D eigenvalue weighted by atomic mass is 10.3. The van der Waals surface area contributed by atoms with E-state index in [0.717, 1.165) is 0 Å². The van der Waals surface area contributed by atoms with Crippen LogP contribution in [0.5, 0.6) is 5.75 Å². The Morgan fingerprint density at radius 3 is 2.57 bits per heavy atom. The zero-order valence-electron chi connectivity index (χ0n) is 7.90. The Hall–Kier alpha value is -1.84. The molecule has 0 radical (unpaired) electrons. The number of nitrogens with zero attached hydrogens (tertiary/aromatic N) is 1. The van der Waals surface area contributed by atoms with Gasteiger partial charge in [0.1, 0.15) is 11.4 Å². The molecular weight excluding hydrogens is 182 g/mol. The van der Waals surface area contributed by atoms with Crippen molar-refractivity contribution in [3.63, 3.8) is 0 Å². The molecule has 0 fully saturated rings. The molecule has 0 atom stereocenters. The molecule has 1 aromatic rings. The molecule has 14 heavy (non-hydrogen) atoms. The van der Waals surface area contributed by atoms with Crippen LogP contribution < -0.4 is 4.74 Å². The molecule has 0 unspecified atom stereocenters. The van der Waals surface area contributed by atoms with Gasteiger partial charge in [-0.3, -0.25) is 0 Å². The van der Waals surface area contributed by atoms with Gasteiger partial charge in [0.05, 0.1) is 6.61 Å². The third kappa shape index (κ3) is 2.90. The monoisotopic (exact) mass is 193 g/mol. The second-order valence-electron chi connectivity index (χ2n) is 2.49. The van der Waals surface area contributed by atoms with Crippen LogP contribution in [0.25, 0.3) is 0 Å². The van der Waals surface area contributed by atoms with Gasteiger partial charge in [-0.2, -0.15) is 0 Å². The average Bonchev–Trinajstić information content (AvgIpc) is 2.19. The molecule has 0 saturated heterocycles. The largest absolute Gasteiger partial charge is 0.466 e. The highest BCUT2D eigenvalue weighted by molar-refractivity contribution is 5.41. The standard InChI is InChI=1S/C10H11NO3/c1-3-13-8(2)14-10-6-4-9(11-12)5-7-10/h4-7H,2-3H2,1H3. The van der Waals surface area contributed by atoms with Crippen LogP contribution in [-0.2, 0) is 4.74 Å². The molecule has 0 aliphatic heterocycles. The van der Waals surface area contributed by atoms with Crippen LogP contribution in [0.3, 0.4) is 0 Å². The predicted molar refractivity (Wildman–Crippen MR) is 53.3 cm³/mol. The van der Waals surface area contributed by atoms with Gasteiger partial charge < -0.3 is 9.47 Å². The summed E-state index contributed by atoms with van der Waals surface area (Å²) in [6.45, 7) is 5.90. The molecule has 0 saturated carbocycles. The van der Waals surface area contributed by atoms with Crippen LogP contribution in [0.2, 0.25) is 0 Å². The van der Waals surface area contributed by atoms with E-state index in [1.165, 1.54) is 0 Å². The summed E-state index contributed by atoms with van der Waals surface area (Å²) in [6, 6.07) is 6.37. The molecule has 1 rings (SSSR count). The van der Waals surface area contributed by atoms with Crippen LogP contribution >= 0.6 is 0 Å². The van der Waals surface area contributed by atoms with E-state index < -0.39 is 0 Å². The number of nitroso groups, excluding NO2 is 1. The zero-order chi connectivity index (χ0) is 10.4. The van der Waals surface area contributed by atoms with Gasteiger partial charge in [-0.05, 0) is 42.9 Å². The Balaban J connectivity index is 2.59. The smallest absolute Gasteiger partial charge is 0.277 e. The molecule has 0 aliphatic carbocycles. The fourth-order valence-electron chi connectivity index (χ4n) is 0.897. The highest BCUT2D eigenvalue weighted by Crippen LogP contribution is 2.19. The lowest BCUT2D eigenvalue weighted by molar-refractivity contribution is 0.118. The first kappa shape index (κ1) is 10.2. The second-order valence-corrected chi connectivity index (χ2v) is 2.49. The molecule has 4 nitrogen and oxygen atoms in total. The molecule has 0 N–H and O–H groups in total. The van der Waals surface area contributed by atoms with Gasteiger partial charge in [0.25, 0.3) is 5.95 Å². The molecule has 0 spiro atoms. The first-order chi connectivity index (χ1) is 6.76. The third-order valence-corrected chi connectivity index (χ3v) is 1.48. The van der Waals surface area contributed by atoms with E-state index in [1.54, 1.807) is 24.3 Å². The second kappa shape index (κ2) is 5.01. The van der Waals surface area contributed by atoms with Crippen LogP contribution in [-0.4, -0.2) is 6.61 Å². The van der Waals surface area contributed by atoms with Gasteiger partial charge in [0, 0.05) is 0 Å². The van der Waals surface area contributed by atoms with E-state index >= 15 is 0 Å². The number of benzene rings is 1. The Morgan fingerprint density at radius 2 is 2.07 bits per heavy atom. The number of hydrogen-bond donors (Lipinski definition) is 0. The predicted octanol–water partition coefficient (Wildman–Crippen LogP) is 2.97. The van der Waals surface area contributed by atoms with E-state index in [0.29, 0.717) is 18.0 Å². The van der Waals surface area contributed by atoms with E-state index in [1.807, 2.05) is 6.92 Å². The van der Waals surface area contributed by atoms with Crippen molar-refractivity contribution in [1.82, 2.24) is 0 Å². The molecular formula is C10H11NO3. The summed E-state index contributed by atoms with van der Waals surface area (Å²) >= 11 is 0. The summed E-state index contributed by atoms with van der Waals surface area (Å²) in [6.07, 6.45) is 0. The lowest BCUT2D eigenvalue weighted by Crippen LogP contribution is -1.98. The highest BCUT2D eigenvalue weighted by Gasteiger charge is 1.98. The molecule has 0 aliphatic rings. The quantitative estimate of drug-likeness (QED) is 0.533. The fraction of sp³-hybridized carbons (Fsp3) is 0.200. The Labute approximate surface area is 82.1 Å². The lowest BCUT2D eigenvalue weighted by Gasteiger charge is -2.07. The Kier molecular flexibility index (Phi) is 3.67. The molecule has 4 heteroatoms. The first-order valence-electron chi connectivity index (χ1n) is 4.19. The minimum atomic E-state index is 0.235. The van der Waals surface area contributed by atoms with E-state index in [9.17, 15) is 4.91 Å². The number of ether oxygens (including phenoxy) is 2. The van der Waals surface area contributed by atoms with Crippen LogP contribution in [0, 0.1) is 4.91 Å². The van der Waals surface area contributed by atoms with Crippen LogP contribution in [0.4, 0.5) is 5.69 Å². The maximum atomic E-state index is 10.1. The van der Waals surface area contributed by atoms with E-state index in [-0.39, 0.29) is 5.95 Å². The maximum Gasteiger partial charge on any atom is 0.277 e. The summed E-state index contributed by atoms with van der Waals surface area (Å²) in [4.78, 5) is 10.1. The van der Waals surface area contributed by atoms with Crippen molar-refractivity contribution in [2.45, 2.75) is 6.92 Å². The van der Waals surface area contributed by atoms with Crippen molar-refractivity contribution in [2.75, 3.05) is 6.61 Å². The Bertz CT molecular complexity index is 319. The third-order valence-electron chi connectivity index (χ3n) is 1.48. The highest BCUT2D eigenvalue weighted by atomic mass is 16.7. The normalized spacial score (nSPS) is 9.21. The minimum absolute atomic E-state index is 0.235. The van der Waals surface area contributed by atoms with Crippen molar-refractivity contribution in [1.29, 1.82) is 0 Å². The molecule has 0 amide bonds. The summed E-state index contributed by atoms with van der Waals surface area (Å²) in [5, 5.41) is 2.77. The van der Waals surface area contributed by atoms with Crippen molar-refractivity contribution >= 4 is 5.69 Å². The Morgan fingerprint density at radius 1 is 1.43 bits per heavy atom. The zero-order valence-corrected chi connectivity index (χ0v) is 7.90. The van der Waals surface area contributed by atoms with Gasteiger partial charge in [0.2, 0.25) is 0 Å². The first-order valence-corrected chi connectivity index (χ1v) is 4.19. The van der Waals surface area contributed by atoms with Gasteiger partial charge in [-0.15, -0.1) is 4.91 Å². The molecule has 0 heterocycles. The number of hydrogen-bond acceptors (Lipinski definition) is 4. The molecule has 74 valence electrons. The van der Waals surface area contributed by atoms with Crippen LogP contribution in [0.15, 0.2) is 42.0 Å². The minimum Gasteiger partial charge on any atom is -0.466 e. The van der Waals surface area contributed by atoms with Crippen molar-refractivity contribution < 1.29 is 9.47 Å². The van der Waals surface area contributed by atoms with Gasteiger partial charge in [0.15, 0.2) is 0 Å².